The summed E-state index contributed by atoms with van der Waals surface area (Å²) in [5.41, 5.74) is 6.42. The minimum atomic E-state index is -3.28. The lowest BCUT2D eigenvalue weighted by atomic mass is 9.87. The Morgan fingerprint density at radius 1 is 0.789 bits per heavy atom. The number of carbonyl (C=O) groups is 1. The van der Waals surface area contributed by atoms with Gasteiger partial charge in [0.05, 0.1) is 12.8 Å². The van der Waals surface area contributed by atoms with Gasteiger partial charge in [0.25, 0.3) is 0 Å². The molecule has 9 heteroatoms. The maximum atomic E-state index is 12.8. The van der Waals surface area contributed by atoms with Gasteiger partial charge in [0.1, 0.15) is 17.2 Å². The summed E-state index contributed by atoms with van der Waals surface area (Å²) >= 11 is 5.82. The second kappa shape index (κ2) is 11.8. The molecule has 2 amide bonds. The summed E-state index contributed by atoms with van der Waals surface area (Å²) in [7, 11) is 1.54. The molecule has 0 saturated carbocycles. The summed E-state index contributed by atoms with van der Waals surface area (Å²) in [5, 5.41) is 5.61. The molecule has 3 aromatic carbocycles. The van der Waals surface area contributed by atoms with E-state index >= 15 is 0 Å². The molecule has 0 fully saturated rings. The number of carbonyl (C=O) groups excluding carboxylic acids is 1. The van der Waals surface area contributed by atoms with Crippen molar-refractivity contribution in [3.05, 3.63) is 83.4 Å². The van der Waals surface area contributed by atoms with Crippen LogP contribution in [-0.2, 0) is 22.6 Å². The van der Waals surface area contributed by atoms with Crippen LogP contribution in [0.3, 0.4) is 0 Å². The number of anilines is 1. The van der Waals surface area contributed by atoms with Crippen LogP contribution in [0.15, 0.2) is 66.7 Å². The van der Waals surface area contributed by atoms with Crippen LogP contribution in [0.1, 0.15) is 58.2 Å². The van der Waals surface area contributed by atoms with Crippen LogP contribution in [0.2, 0.25) is 0 Å². The lowest BCUT2D eigenvalue weighted by molar-refractivity contribution is 0.250. The molecular formula is C29H38N3O4PS. The van der Waals surface area contributed by atoms with Crippen molar-refractivity contribution < 1.29 is 18.6 Å². The van der Waals surface area contributed by atoms with Gasteiger partial charge < -0.3 is 19.1 Å². The monoisotopic (exact) mass is 555 g/mol. The number of ether oxygens (including phenoxy) is 1. The van der Waals surface area contributed by atoms with E-state index in [1.165, 1.54) is 0 Å². The largest absolute Gasteiger partial charge is 0.495 e. The lowest BCUT2D eigenvalue weighted by Crippen LogP contribution is -2.40. The van der Waals surface area contributed by atoms with E-state index < -0.39 is 12.7 Å². The van der Waals surface area contributed by atoms with Crippen LogP contribution in [0.4, 0.5) is 10.5 Å². The van der Waals surface area contributed by atoms with E-state index in [1.54, 1.807) is 13.2 Å². The third-order valence-corrected chi connectivity index (χ3v) is 7.81. The molecule has 0 heterocycles. The number of hydrazine groups is 1. The van der Waals surface area contributed by atoms with Crippen molar-refractivity contribution in [3.8, 4) is 17.2 Å². The van der Waals surface area contributed by atoms with Gasteiger partial charge in [-0.05, 0) is 70.8 Å². The molecule has 0 radical (unpaired) electrons. The molecule has 0 atom stereocenters. The quantitative estimate of drug-likeness (QED) is 0.196. The van der Waals surface area contributed by atoms with Gasteiger partial charge in [0.15, 0.2) is 0 Å². The van der Waals surface area contributed by atoms with Crippen molar-refractivity contribution in [1.29, 1.82) is 0 Å². The Morgan fingerprint density at radius 2 is 1.26 bits per heavy atom. The number of nitrogens with one attached hydrogen (secondary N) is 3. The van der Waals surface area contributed by atoms with E-state index in [-0.39, 0.29) is 10.8 Å². The van der Waals surface area contributed by atoms with Crippen molar-refractivity contribution >= 4 is 30.2 Å². The maximum absolute atomic E-state index is 12.8. The highest BCUT2D eigenvalue weighted by molar-refractivity contribution is 8.09. The Bertz CT molecular complexity index is 1230. The standard InChI is InChI=1S/C29H38N3O4PS/c1-20-9-18-26(34-8)25(19-20)30-27(33)31-32-37(38,35-23-14-10-21(11-15-23)28(2,3)4)36-24-16-12-22(13-17-24)29(5,6)7/h9-19H,1-8H3,(H,32,38)(H2,30,31,33). The van der Waals surface area contributed by atoms with Gasteiger partial charge in [-0.25, -0.2) is 4.79 Å². The Morgan fingerprint density at radius 3 is 1.68 bits per heavy atom. The Balaban J connectivity index is 1.81. The topological polar surface area (TPSA) is 80.9 Å². The molecule has 0 unspecified atom stereocenters. The highest BCUT2D eigenvalue weighted by Gasteiger charge is 2.25. The smallest absolute Gasteiger partial charge is 0.383 e. The average Bonchev–Trinajstić information content (AvgIpc) is 2.82. The first-order valence-electron chi connectivity index (χ1n) is 12.4. The van der Waals surface area contributed by atoms with E-state index in [0.29, 0.717) is 22.9 Å². The van der Waals surface area contributed by atoms with E-state index in [1.807, 2.05) is 67.6 Å². The fourth-order valence-corrected chi connectivity index (χ4v) is 5.38. The molecule has 0 spiro atoms. The Kier molecular flexibility index (Phi) is 9.13. The zero-order chi connectivity index (χ0) is 28.1. The number of rotatable bonds is 8. The zero-order valence-electron chi connectivity index (χ0n) is 23.3. The second-order valence-electron chi connectivity index (χ2n) is 11.1. The minimum Gasteiger partial charge on any atom is -0.495 e. The summed E-state index contributed by atoms with van der Waals surface area (Å²) in [6.45, 7) is 11.5. The number of amides is 2. The van der Waals surface area contributed by atoms with Crippen molar-refractivity contribution in [3.63, 3.8) is 0 Å². The Hall–Kier alpha value is -3.06. The van der Waals surface area contributed by atoms with E-state index in [2.05, 4.69) is 57.5 Å². The molecular weight excluding hydrogens is 517 g/mol. The highest BCUT2D eigenvalue weighted by atomic mass is 32.5. The fourth-order valence-electron chi connectivity index (χ4n) is 3.57. The molecule has 0 saturated heterocycles. The van der Waals surface area contributed by atoms with Gasteiger partial charge in [-0.1, -0.05) is 71.9 Å². The normalized spacial score (nSPS) is 12.0. The minimum absolute atomic E-state index is 0.00122. The number of hydrogen-bond acceptors (Lipinski definition) is 5. The van der Waals surface area contributed by atoms with Gasteiger partial charge in [0, 0.05) is 11.8 Å². The molecule has 38 heavy (non-hydrogen) atoms. The summed E-state index contributed by atoms with van der Waals surface area (Å²) in [5.74, 6) is 1.60. The van der Waals surface area contributed by atoms with E-state index in [0.717, 1.165) is 16.7 Å². The molecule has 0 aliphatic carbocycles. The van der Waals surface area contributed by atoms with Crippen molar-refractivity contribution in [2.24, 2.45) is 0 Å². The van der Waals surface area contributed by atoms with Crippen LogP contribution in [-0.4, -0.2) is 13.1 Å². The van der Waals surface area contributed by atoms with Gasteiger partial charge >= 0.3 is 12.7 Å². The number of methoxy groups -OCH3 is 1. The fraction of sp³-hybridized carbons (Fsp3) is 0.345. The van der Waals surface area contributed by atoms with Crippen LogP contribution >= 0.6 is 6.64 Å². The molecule has 0 aliphatic heterocycles. The van der Waals surface area contributed by atoms with Crippen LogP contribution < -0.4 is 29.7 Å². The number of urea groups is 1. The van der Waals surface area contributed by atoms with Crippen LogP contribution in [0, 0.1) is 6.92 Å². The summed E-state index contributed by atoms with van der Waals surface area (Å²) in [6, 6.07) is 20.4. The SMILES string of the molecule is COc1ccc(C)cc1NC(=O)NNP(=S)(Oc1ccc(C(C)(C)C)cc1)Oc1ccc(C(C)(C)C)cc1. The summed E-state index contributed by atoms with van der Waals surface area (Å²) in [4.78, 5) is 12.8. The maximum Gasteiger partial charge on any atom is 0.383 e. The summed E-state index contributed by atoms with van der Waals surface area (Å²) in [6.07, 6.45) is 0. The van der Waals surface area contributed by atoms with Gasteiger partial charge in [-0.2, -0.15) is 0 Å². The van der Waals surface area contributed by atoms with Gasteiger partial charge in [-0.3, -0.25) is 5.43 Å². The number of benzene rings is 3. The molecule has 0 aliphatic rings. The zero-order valence-corrected chi connectivity index (χ0v) is 25.1. The van der Waals surface area contributed by atoms with Crippen LogP contribution in [0.25, 0.3) is 0 Å². The average molecular weight is 556 g/mol. The van der Waals surface area contributed by atoms with Crippen molar-refractivity contribution in [1.82, 2.24) is 10.6 Å². The number of hydrogen-bond donors (Lipinski definition) is 3. The third-order valence-electron chi connectivity index (χ3n) is 5.80. The van der Waals surface area contributed by atoms with Crippen molar-refractivity contribution in [2.75, 3.05) is 12.4 Å². The van der Waals surface area contributed by atoms with Crippen LogP contribution in [0.5, 0.6) is 17.2 Å². The molecule has 3 N–H and O–H groups in total. The molecule has 7 nitrogen and oxygen atoms in total. The molecule has 3 aromatic rings. The summed E-state index contributed by atoms with van der Waals surface area (Å²) < 4.78 is 17.7. The number of aryl methyl sites for hydroxylation is 1. The predicted octanol–water partition coefficient (Wildman–Crippen LogP) is 7.61. The lowest BCUT2D eigenvalue weighted by Gasteiger charge is -2.26. The van der Waals surface area contributed by atoms with Crippen molar-refractivity contribution in [2.45, 2.75) is 59.3 Å². The first-order valence-corrected chi connectivity index (χ1v) is 15.0. The van der Waals surface area contributed by atoms with E-state index in [4.69, 9.17) is 25.6 Å². The molecule has 0 aromatic heterocycles. The molecule has 204 valence electrons. The first-order chi connectivity index (χ1) is 17.7. The first kappa shape index (κ1) is 29.5. The molecule has 0 bridgehead atoms. The van der Waals surface area contributed by atoms with E-state index in [9.17, 15) is 4.79 Å². The highest BCUT2D eigenvalue weighted by Crippen LogP contribution is 2.45. The second-order valence-corrected chi connectivity index (χ2v) is 14.1. The van der Waals surface area contributed by atoms with Gasteiger partial charge in [0.2, 0.25) is 0 Å². The van der Waals surface area contributed by atoms with Gasteiger partial charge in [-0.15, -0.1) is 5.20 Å². The Labute approximate surface area is 231 Å². The third kappa shape index (κ3) is 8.22. The predicted molar refractivity (Wildman–Crippen MR) is 159 cm³/mol. The molecule has 3 rings (SSSR count).